The number of likely N-dealkylation sites (N-methyl/N-ethyl adjacent to an activating group) is 2. The lowest BCUT2D eigenvalue weighted by Crippen LogP contribution is -2.56. The van der Waals surface area contributed by atoms with E-state index in [0.717, 1.165) is 11.7 Å². The first kappa shape index (κ1) is 14.8. The van der Waals surface area contributed by atoms with Gasteiger partial charge in [-0.1, -0.05) is 0 Å². The van der Waals surface area contributed by atoms with E-state index in [0.29, 0.717) is 11.6 Å². The maximum Gasteiger partial charge on any atom is 0.185 e. The number of nitrogens with one attached hydrogen (secondary N) is 1. The molecule has 1 aromatic rings. The third-order valence-corrected chi connectivity index (χ3v) is 5.76. The van der Waals surface area contributed by atoms with Crippen LogP contribution in [0.5, 0.6) is 0 Å². The van der Waals surface area contributed by atoms with Gasteiger partial charge in [0.1, 0.15) is 0 Å². The third kappa shape index (κ3) is 2.93. The number of aromatic nitrogens is 1. The van der Waals surface area contributed by atoms with Crippen LogP contribution in [0.1, 0.15) is 37.1 Å². The third-order valence-electron chi connectivity index (χ3n) is 4.46. The first-order chi connectivity index (χ1) is 8.98. The van der Waals surface area contributed by atoms with E-state index in [2.05, 4.69) is 48.2 Å². The van der Waals surface area contributed by atoms with Crippen molar-refractivity contribution in [1.82, 2.24) is 15.2 Å². The Labute approximate surface area is 120 Å². The van der Waals surface area contributed by atoms with Gasteiger partial charge in [0.25, 0.3) is 0 Å². The first-order valence-electron chi connectivity index (χ1n) is 7.00. The monoisotopic (exact) mass is 282 g/mol. The number of thiazole rings is 1. The van der Waals surface area contributed by atoms with E-state index >= 15 is 0 Å². The minimum absolute atomic E-state index is 0.356. The van der Waals surface area contributed by atoms with Crippen molar-refractivity contribution in [2.45, 2.75) is 37.8 Å². The van der Waals surface area contributed by atoms with Crippen LogP contribution in [0, 0.1) is 0 Å². The molecular formula is C14H26N4S. The van der Waals surface area contributed by atoms with E-state index in [4.69, 9.17) is 0 Å². The zero-order valence-corrected chi connectivity index (χ0v) is 13.5. The minimum atomic E-state index is 0.356. The molecule has 1 fully saturated rings. The summed E-state index contributed by atoms with van der Waals surface area (Å²) in [4.78, 5) is 10.6. The Kier molecular flexibility index (Phi) is 4.48. The number of nitrogens with zero attached hydrogens (tertiary/aromatic N) is 3. The summed E-state index contributed by atoms with van der Waals surface area (Å²) in [5.74, 6) is 0. The predicted octanol–water partition coefficient (Wildman–Crippen LogP) is 2.34. The van der Waals surface area contributed by atoms with Crippen LogP contribution in [0.2, 0.25) is 0 Å². The van der Waals surface area contributed by atoms with Crippen LogP contribution in [0.15, 0.2) is 6.20 Å². The molecule has 108 valence electrons. The Bertz CT molecular complexity index is 411. The highest BCUT2D eigenvalue weighted by molar-refractivity contribution is 7.15. The molecule has 2 rings (SSSR count). The fraction of sp³-hybridized carbons (Fsp3) is 0.786. The maximum absolute atomic E-state index is 4.57. The van der Waals surface area contributed by atoms with Gasteiger partial charge in [-0.15, -0.1) is 11.3 Å². The molecule has 1 heterocycles. The molecule has 0 saturated heterocycles. The summed E-state index contributed by atoms with van der Waals surface area (Å²) in [7, 11) is 8.55. The molecule has 4 nitrogen and oxygen atoms in total. The smallest absolute Gasteiger partial charge is 0.185 e. The van der Waals surface area contributed by atoms with Crippen molar-refractivity contribution in [2.75, 3.05) is 39.6 Å². The van der Waals surface area contributed by atoms with Gasteiger partial charge < -0.3 is 15.1 Å². The topological polar surface area (TPSA) is 31.4 Å². The highest BCUT2D eigenvalue weighted by Gasteiger charge is 2.40. The molecule has 0 bridgehead atoms. The lowest BCUT2D eigenvalue weighted by molar-refractivity contribution is 0.0683. The molecule has 1 saturated carbocycles. The number of hydrogen-bond acceptors (Lipinski definition) is 5. The van der Waals surface area contributed by atoms with E-state index in [1.54, 1.807) is 11.3 Å². The van der Waals surface area contributed by atoms with Crippen molar-refractivity contribution < 1.29 is 0 Å². The summed E-state index contributed by atoms with van der Waals surface area (Å²) >= 11 is 1.79. The van der Waals surface area contributed by atoms with Crippen molar-refractivity contribution in [3.8, 4) is 0 Å². The van der Waals surface area contributed by atoms with Gasteiger partial charge >= 0.3 is 0 Å². The predicted molar refractivity (Wildman–Crippen MR) is 83.1 cm³/mol. The molecule has 19 heavy (non-hydrogen) atoms. The summed E-state index contributed by atoms with van der Waals surface area (Å²) in [5, 5.41) is 4.40. The number of anilines is 1. The quantitative estimate of drug-likeness (QED) is 0.868. The van der Waals surface area contributed by atoms with Crippen molar-refractivity contribution in [3.63, 3.8) is 0 Å². The van der Waals surface area contributed by atoms with E-state index < -0.39 is 0 Å². The second-order valence-electron chi connectivity index (χ2n) is 5.88. The Hall–Kier alpha value is -0.650. The van der Waals surface area contributed by atoms with Gasteiger partial charge in [-0.2, -0.15) is 0 Å². The van der Waals surface area contributed by atoms with Crippen LogP contribution in [-0.2, 0) is 0 Å². The van der Waals surface area contributed by atoms with Crippen molar-refractivity contribution in [1.29, 1.82) is 0 Å². The Morgan fingerprint density at radius 3 is 2.58 bits per heavy atom. The van der Waals surface area contributed by atoms with Gasteiger partial charge in [-0.25, -0.2) is 4.98 Å². The molecule has 1 unspecified atom stereocenters. The van der Waals surface area contributed by atoms with Gasteiger partial charge in [-0.05, 0) is 47.3 Å². The Morgan fingerprint density at radius 1 is 1.42 bits per heavy atom. The van der Waals surface area contributed by atoms with E-state index in [-0.39, 0.29) is 0 Å². The van der Waals surface area contributed by atoms with Crippen molar-refractivity contribution in [3.05, 3.63) is 11.1 Å². The molecule has 0 radical (unpaired) electrons. The summed E-state index contributed by atoms with van der Waals surface area (Å²) in [6.07, 6.45) is 5.96. The standard InChI is InChI=1S/C14H26N4S/c1-11(15-2)12-9-16-13(19-12)18(5)10-14(17(3)4)7-6-8-14/h9,11,15H,6-8,10H2,1-5H3. The fourth-order valence-electron chi connectivity index (χ4n) is 2.64. The zero-order valence-electron chi connectivity index (χ0n) is 12.7. The fourth-order valence-corrected chi connectivity index (χ4v) is 3.57. The highest BCUT2D eigenvalue weighted by atomic mass is 32.1. The minimum Gasteiger partial charge on any atom is -0.349 e. The van der Waals surface area contributed by atoms with Gasteiger partial charge in [0.05, 0.1) is 0 Å². The average Bonchev–Trinajstić information content (AvgIpc) is 2.81. The maximum atomic E-state index is 4.57. The summed E-state index contributed by atoms with van der Waals surface area (Å²) < 4.78 is 0. The molecule has 1 aromatic heterocycles. The van der Waals surface area contributed by atoms with Crippen LogP contribution in [0.25, 0.3) is 0 Å². The van der Waals surface area contributed by atoms with Crippen molar-refractivity contribution in [2.24, 2.45) is 0 Å². The largest absolute Gasteiger partial charge is 0.349 e. The van der Waals surface area contributed by atoms with Gasteiger partial charge in [0, 0.05) is 36.2 Å². The van der Waals surface area contributed by atoms with Crippen LogP contribution < -0.4 is 10.2 Å². The molecule has 0 aliphatic heterocycles. The molecule has 5 heteroatoms. The van der Waals surface area contributed by atoms with Crippen molar-refractivity contribution >= 4 is 16.5 Å². The molecule has 1 atom stereocenters. The lowest BCUT2D eigenvalue weighted by atomic mass is 9.75. The van der Waals surface area contributed by atoms with Gasteiger partial charge in [0.2, 0.25) is 0 Å². The van der Waals surface area contributed by atoms with Crippen LogP contribution in [-0.4, -0.2) is 50.2 Å². The molecule has 1 N–H and O–H groups in total. The SMILES string of the molecule is CNC(C)c1cnc(N(C)CC2(N(C)C)CCC2)s1. The number of rotatable bonds is 6. The second kappa shape index (κ2) is 5.77. The molecular weight excluding hydrogens is 256 g/mol. The Balaban J connectivity index is 2.03. The van der Waals surface area contributed by atoms with Crippen LogP contribution in [0.3, 0.4) is 0 Å². The normalized spacial score (nSPS) is 19.3. The zero-order chi connectivity index (χ0) is 14.0. The molecule has 1 aliphatic rings. The van der Waals surface area contributed by atoms with Gasteiger partial charge in [0.15, 0.2) is 5.13 Å². The highest BCUT2D eigenvalue weighted by Crippen LogP contribution is 2.38. The lowest BCUT2D eigenvalue weighted by Gasteiger charge is -2.49. The van der Waals surface area contributed by atoms with Crippen LogP contribution in [0.4, 0.5) is 5.13 Å². The number of hydrogen-bond donors (Lipinski definition) is 1. The van der Waals surface area contributed by atoms with E-state index in [9.17, 15) is 0 Å². The molecule has 0 aromatic carbocycles. The average molecular weight is 282 g/mol. The summed E-state index contributed by atoms with van der Waals surface area (Å²) in [6, 6.07) is 0.381. The van der Waals surface area contributed by atoms with E-state index in [1.807, 2.05) is 13.2 Å². The first-order valence-corrected chi connectivity index (χ1v) is 7.82. The van der Waals surface area contributed by atoms with Gasteiger partial charge in [-0.3, -0.25) is 0 Å². The Morgan fingerprint density at radius 2 is 2.11 bits per heavy atom. The van der Waals surface area contributed by atoms with Crippen LogP contribution >= 0.6 is 11.3 Å². The van der Waals surface area contributed by atoms with E-state index in [1.165, 1.54) is 24.1 Å². The second-order valence-corrected chi connectivity index (χ2v) is 6.92. The molecule has 0 spiro atoms. The molecule has 1 aliphatic carbocycles. The summed E-state index contributed by atoms with van der Waals surface area (Å²) in [6.45, 7) is 3.24. The molecule has 0 amide bonds. The summed E-state index contributed by atoms with van der Waals surface area (Å²) in [5.41, 5.74) is 0.356.